The van der Waals surface area contributed by atoms with Crippen molar-refractivity contribution in [1.82, 2.24) is 19.7 Å². The van der Waals surface area contributed by atoms with Gasteiger partial charge in [-0.05, 0) is 43.4 Å². The molecule has 1 heterocycles. The Hall–Kier alpha value is -2.58. The second-order valence-corrected chi connectivity index (χ2v) is 6.55. The number of carbonyl (C=O) groups is 1. The van der Waals surface area contributed by atoms with Crippen LogP contribution < -0.4 is 11.0 Å². The maximum absolute atomic E-state index is 12.9. The third-order valence-electron chi connectivity index (χ3n) is 4.53. The summed E-state index contributed by atoms with van der Waals surface area (Å²) < 4.78 is 41.2. The highest BCUT2D eigenvalue weighted by molar-refractivity contribution is 5.76. The number of benzene rings is 1. The van der Waals surface area contributed by atoms with Gasteiger partial charge in [-0.15, -0.1) is 0 Å². The fourth-order valence-electron chi connectivity index (χ4n) is 2.87. The molecule has 3 rings (SSSR count). The van der Waals surface area contributed by atoms with Gasteiger partial charge in [-0.3, -0.25) is 9.36 Å². The fraction of sp³-hybridized carbons (Fsp3) is 0.471. The molecule has 1 saturated carbocycles. The van der Waals surface area contributed by atoms with E-state index in [4.69, 9.17) is 0 Å². The second kappa shape index (κ2) is 6.62. The molecule has 1 fully saturated rings. The lowest BCUT2D eigenvalue weighted by Gasteiger charge is -2.20. The number of alkyl halides is 3. The molecule has 1 atom stereocenters. The second-order valence-electron chi connectivity index (χ2n) is 6.55. The average Bonchev–Trinajstić information content (AvgIpc) is 3.38. The van der Waals surface area contributed by atoms with Crippen LogP contribution in [0.15, 0.2) is 29.1 Å². The monoisotopic (exact) mass is 368 g/mol. The van der Waals surface area contributed by atoms with Crippen molar-refractivity contribution in [2.75, 3.05) is 0 Å². The van der Waals surface area contributed by atoms with Crippen molar-refractivity contribution in [2.45, 2.75) is 38.5 Å². The molecule has 1 N–H and O–H groups in total. The molecule has 9 heteroatoms. The zero-order valence-electron chi connectivity index (χ0n) is 14.4. The molecule has 1 aliphatic rings. The summed E-state index contributed by atoms with van der Waals surface area (Å²) in [5, 5.41) is 6.76. The quantitative estimate of drug-likeness (QED) is 0.880. The third-order valence-corrected chi connectivity index (χ3v) is 4.53. The van der Waals surface area contributed by atoms with Crippen LogP contribution in [0.5, 0.6) is 0 Å². The van der Waals surface area contributed by atoms with Crippen molar-refractivity contribution >= 4 is 5.91 Å². The number of rotatable bonds is 5. The van der Waals surface area contributed by atoms with Crippen LogP contribution in [0.1, 0.15) is 35.8 Å². The Bertz CT molecular complexity index is 881. The predicted molar refractivity (Wildman–Crippen MR) is 87.3 cm³/mol. The van der Waals surface area contributed by atoms with E-state index >= 15 is 0 Å². The lowest BCUT2D eigenvalue weighted by atomic mass is 10.00. The summed E-state index contributed by atoms with van der Waals surface area (Å²) in [4.78, 5) is 24.3. The topological polar surface area (TPSA) is 68.9 Å². The summed E-state index contributed by atoms with van der Waals surface area (Å²) in [6, 6.07) is 4.48. The summed E-state index contributed by atoms with van der Waals surface area (Å²) in [5.74, 6) is 0.114. The van der Waals surface area contributed by atoms with Crippen LogP contribution >= 0.6 is 0 Å². The number of amides is 1. The Labute approximate surface area is 147 Å². The van der Waals surface area contributed by atoms with Crippen molar-refractivity contribution in [2.24, 2.45) is 13.0 Å². The molecule has 6 nitrogen and oxygen atoms in total. The van der Waals surface area contributed by atoms with E-state index in [0.717, 1.165) is 29.7 Å². The van der Waals surface area contributed by atoms with Gasteiger partial charge in [0.1, 0.15) is 12.4 Å². The lowest BCUT2D eigenvalue weighted by molar-refractivity contribution is -0.137. The van der Waals surface area contributed by atoms with Gasteiger partial charge in [0.15, 0.2) is 0 Å². The first-order valence-electron chi connectivity index (χ1n) is 8.24. The molecule has 140 valence electrons. The molecule has 1 aromatic carbocycles. The zero-order valence-corrected chi connectivity index (χ0v) is 14.4. The minimum absolute atomic E-state index is 0.102. The van der Waals surface area contributed by atoms with Crippen LogP contribution in [-0.4, -0.2) is 20.3 Å². The Morgan fingerprint density at radius 2 is 2.08 bits per heavy atom. The Balaban J connectivity index is 1.78. The first-order chi connectivity index (χ1) is 12.2. The van der Waals surface area contributed by atoms with Crippen LogP contribution in [0, 0.1) is 12.8 Å². The maximum Gasteiger partial charge on any atom is 0.416 e. The smallest absolute Gasteiger partial charge is 0.347 e. The van der Waals surface area contributed by atoms with Crippen LogP contribution in [0.4, 0.5) is 13.2 Å². The van der Waals surface area contributed by atoms with E-state index in [2.05, 4.69) is 10.4 Å². The van der Waals surface area contributed by atoms with Gasteiger partial charge in [0.05, 0.1) is 11.6 Å². The molecule has 0 radical (unpaired) electrons. The Morgan fingerprint density at radius 1 is 1.38 bits per heavy atom. The lowest BCUT2D eigenvalue weighted by Crippen LogP contribution is -2.36. The third kappa shape index (κ3) is 3.81. The summed E-state index contributed by atoms with van der Waals surface area (Å²) in [6.45, 7) is 1.37. The van der Waals surface area contributed by atoms with Crippen molar-refractivity contribution in [1.29, 1.82) is 0 Å². The van der Waals surface area contributed by atoms with E-state index in [1.54, 1.807) is 20.0 Å². The number of hydrogen-bond donors (Lipinski definition) is 1. The van der Waals surface area contributed by atoms with Gasteiger partial charge >= 0.3 is 11.9 Å². The van der Waals surface area contributed by atoms with Gasteiger partial charge in [-0.2, -0.15) is 18.3 Å². The van der Waals surface area contributed by atoms with E-state index in [1.807, 2.05) is 0 Å². The predicted octanol–water partition coefficient (Wildman–Crippen LogP) is 2.18. The van der Waals surface area contributed by atoms with Gasteiger partial charge in [-0.1, -0.05) is 12.1 Å². The van der Waals surface area contributed by atoms with Gasteiger partial charge in [0.2, 0.25) is 5.91 Å². The van der Waals surface area contributed by atoms with E-state index in [9.17, 15) is 22.8 Å². The first-order valence-corrected chi connectivity index (χ1v) is 8.24. The number of aromatic nitrogens is 3. The SMILES string of the molecule is Cc1nn(CC(=O)NC(c2cccc(C(F)(F)F)c2)C2CC2)c(=O)n1C. The van der Waals surface area contributed by atoms with Crippen molar-refractivity contribution in [3.63, 3.8) is 0 Å². The molecule has 1 aliphatic carbocycles. The molecule has 0 aliphatic heterocycles. The highest BCUT2D eigenvalue weighted by Gasteiger charge is 2.36. The molecular weight excluding hydrogens is 349 g/mol. The number of halogens is 3. The number of nitrogens with one attached hydrogen (secondary N) is 1. The number of carbonyl (C=O) groups excluding carboxylic acids is 1. The molecule has 1 aromatic heterocycles. The van der Waals surface area contributed by atoms with Crippen molar-refractivity contribution in [3.05, 3.63) is 51.7 Å². The summed E-state index contributed by atoms with van der Waals surface area (Å²) in [7, 11) is 1.55. The van der Waals surface area contributed by atoms with Crippen molar-refractivity contribution < 1.29 is 18.0 Å². The molecule has 26 heavy (non-hydrogen) atoms. The fourth-order valence-corrected chi connectivity index (χ4v) is 2.87. The van der Waals surface area contributed by atoms with Gasteiger partial charge in [0.25, 0.3) is 0 Å². The van der Waals surface area contributed by atoms with E-state index < -0.39 is 29.4 Å². The molecule has 1 amide bonds. The standard InChI is InChI=1S/C17H19F3N4O2/c1-10-22-24(16(26)23(10)2)9-14(25)21-15(11-6-7-11)12-4-3-5-13(8-12)17(18,19)20/h3-5,8,11,15H,6-7,9H2,1-2H3,(H,21,25). The minimum Gasteiger partial charge on any atom is -0.347 e. The number of nitrogens with zero attached hydrogens (tertiary/aromatic N) is 3. The van der Waals surface area contributed by atoms with Crippen LogP contribution in [0.25, 0.3) is 0 Å². The van der Waals surface area contributed by atoms with Crippen LogP contribution in [-0.2, 0) is 24.6 Å². The van der Waals surface area contributed by atoms with Crippen LogP contribution in [0.2, 0.25) is 0 Å². The Morgan fingerprint density at radius 3 is 2.62 bits per heavy atom. The molecule has 0 saturated heterocycles. The van der Waals surface area contributed by atoms with E-state index in [1.165, 1.54) is 10.6 Å². The molecule has 0 spiro atoms. The molecule has 2 aromatic rings. The van der Waals surface area contributed by atoms with E-state index in [0.29, 0.717) is 11.4 Å². The van der Waals surface area contributed by atoms with Gasteiger partial charge in [-0.25, -0.2) is 9.48 Å². The summed E-state index contributed by atoms with van der Waals surface area (Å²) >= 11 is 0. The molecule has 0 bridgehead atoms. The average molecular weight is 368 g/mol. The summed E-state index contributed by atoms with van der Waals surface area (Å²) in [5.41, 5.74) is -0.744. The zero-order chi connectivity index (χ0) is 19.1. The number of aryl methyl sites for hydroxylation is 1. The highest BCUT2D eigenvalue weighted by Crippen LogP contribution is 2.42. The normalized spacial score (nSPS) is 15.7. The largest absolute Gasteiger partial charge is 0.416 e. The van der Waals surface area contributed by atoms with Gasteiger partial charge < -0.3 is 5.32 Å². The molecular formula is C17H19F3N4O2. The van der Waals surface area contributed by atoms with Gasteiger partial charge in [0, 0.05) is 7.05 Å². The van der Waals surface area contributed by atoms with Crippen LogP contribution in [0.3, 0.4) is 0 Å². The van der Waals surface area contributed by atoms with Crippen molar-refractivity contribution in [3.8, 4) is 0 Å². The number of hydrogen-bond acceptors (Lipinski definition) is 3. The molecule has 1 unspecified atom stereocenters. The highest BCUT2D eigenvalue weighted by atomic mass is 19.4. The Kier molecular flexibility index (Phi) is 4.64. The van der Waals surface area contributed by atoms with E-state index in [-0.39, 0.29) is 12.5 Å². The maximum atomic E-state index is 12.9. The summed E-state index contributed by atoms with van der Waals surface area (Å²) in [6.07, 6.45) is -2.76. The minimum atomic E-state index is -4.44. The first kappa shape index (κ1) is 18.2.